The van der Waals surface area contributed by atoms with Gasteiger partial charge in [-0.15, -0.1) is 0 Å². The van der Waals surface area contributed by atoms with Crippen molar-refractivity contribution in [1.82, 2.24) is 0 Å². The summed E-state index contributed by atoms with van der Waals surface area (Å²) in [6.45, 7) is 7.80. The first-order valence-electron chi connectivity index (χ1n) is 11.3. The summed E-state index contributed by atoms with van der Waals surface area (Å²) in [6, 6.07) is 13.4. The Bertz CT molecular complexity index is 964. The molecule has 0 aliphatic heterocycles. The van der Waals surface area contributed by atoms with Gasteiger partial charge in [0.2, 0.25) is 0 Å². The molecule has 0 aliphatic rings. The second-order valence-electron chi connectivity index (χ2n) is 7.27. The summed E-state index contributed by atoms with van der Waals surface area (Å²) in [5, 5.41) is 0. The van der Waals surface area contributed by atoms with Crippen LogP contribution >= 0.6 is 0 Å². The van der Waals surface area contributed by atoms with Gasteiger partial charge in [-0.3, -0.25) is 4.79 Å². The fourth-order valence-corrected chi connectivity index (χ4v) is 2.83. The van der Waals surface area contributed by atoms with E-state index in [0.29, 0.717) is 48.9 Å². The molecule has 0 fully saturated rings. The molecule has 2 aromatic carbocycles. The fourth-order valence-electron chi connectivity index (χ4n) is 2.83. The first-order valence-corrected chi connectivity index (χ1v) is 11.3. The van der Waals surface area contributed by atoms with Crippen molar-refractivity contribution in [3.63, 3.8) is 0 Å². The summed E-state index contributed by atoms with van der Waals surface area (Å²) in [7, 11) is 0. The molecular weight excluding hydrogens is 452 g/mol. The van der Waals surface area contributed by atoms with Crippen molar-refractivity contribution in [3.05, 3.63) is 79.6 Å². The Morgan fingerprint density at radius 1 is 0.714 bits per heavy atom. The minimum Gasteiger partial charge on any atom is -0.494 e. The quantitative estimate of drug-likeness (QED) is 0.108. The highest BCUT2D eigenvalue weighted by Gasteiger charge is 2.09. The zero-order chi connectivity index (χ0) is 25.3. The third-order valence-electron chi connectivity index (χ3n) is 4.60. The molecule has 2 aromatic rings. The largest absolute Gasteiger partial charge is 0.494 e. The molecule has 0 spiro atoms. The summed E-state index contributed by atoms with van der Waals surface area (Å²) >= 11 is 0. The van der Waals surface area contributed by atoms with Gasteiger partial charge in [0.25, 0.3) is 0 Å². The maximum Gasteiger partial charge on any atom is 0.343 e. The Morgan fingerprint density at radius 2 is 1.31 bits per heavy atom. The lowest BCUT2D eigenvalue weighted by Crippen LogP contribution is -2.08. The number of hydrogen-bond donors (Lipinski definition) is 0. The minimum absolute atomic E-state index is 0.249. The predicted molar refractivity (Wildman–Crippen MR) is 129 cm³/mol. The zero-order valence-electron chi connectivity index (χ0n) is 19.6. The van der Waals surface area contributed by atoms with E-state index >= 15 is 0 Å². The average Bonchev–Trinajstić information content (AvgIpc) is 2.87. The molecule has 0 unspecified atom stereocenters. The van der Waals surface area contributed by atoms with E-state index in [1.165, 1.54) is 0 Å². The lowest BCUT2D eigenvalue weighted by Gasteiger charge is -2.09. The van der Waals surface area contributed by atoms with Gasteiger partial charge in [-0.25, -0.2) is 9.59 Å². The number of carbonyl (C=O) groups excluding carboxylic acids is 3. The molecule has 0 heterocycles. The molecule has 186 valence electrons. The second kappa shape index (κ2) is 15.7. The maximum absolute atomic E-state index is 12.4. The Kier molecular flexibility index (Phi) is 12.2. The molecule has 0 aromatic heterocycles. The van der Waals surface area contributed by atoms with Gasteiger partial charge >= 0.3 is 17.9 Å². The van der Waals surface area contributed by atoms with Crippen LogP contribution in [0.1, 0.15) is 42.5 Å². The van der Waals surface area contributed by atoms with E-state index in [9.17, 15) is 14.4 Å². The van der Waals surface area contributed by atoms with Crippen LogP contribution in [0.4, 0.5) is 0 Å². The third-order valence-corrected chi connectivity index (χ3v) is 4.60. The van der Waals surface area contributed by atoms with E-state index in [1.54, 1.807) is 48.5 Å². The molecule has 0 aliphatic carbocycles. The highest BCUT2D eigenvalue weighted by molar-refractivity contribution is 5.91. The van der Waals surface area contributed by atoms with Crippen molar-refractivity contribution in [2.45, 2.75) is 32.1 Å². The minimum atomic E-state index is -0.485. The van der Waals surface area contributed by atoms with Crippen LogP contribution in [-0.2, 0) is 19.1 Å². The van der Waals surface area contributed by atoms with E-state index in [1.807, 2.05) is 0 Å². The van der Waals surface area contributed by atoms with Crippen LogP contribution in [0, 0.1) is 0 Å². The Morgan fingerprint density at radius 3 is 1.94 bits per heavy atom. The third kappa shape index (κ3) is 11.1. The number of unbranched alkanes of at least 4 members (excludes halogenated alkanes) is 2. The molecule has 0 amide bonds. The monoisotopic (exact) mass is 482 g/mol. The number of esters is 3. The van der Waals surface area contributed by atoms with Crippen molar-refractivity contribution in [2.75, 3.05) is 19.8 Å². The van der Waals surface area contributed by atoms with Crippen LogP contribution in [0.2, 0.25) is 0 Å². The number of ether oxygens (including phenoxy) is 5. The topological polar surface area (TPSA) is 97.4 Å². The van der Waals surface area contributed by atoms with E-state index in [0.717, 1.165) is 31.6 Å². The Hall–Kier alpha value is -4.07. The van der Waals surface area contributed by atoms with E-state index < -0.39 is 11.9 Å². The van der Waals surface area contributed by atoms with Gasteiger partial charge < -0.3 is 23.7 Å². The lowest BCUT2D eigenvalue weighted by molar-refractivity contribution is -0.138. The predicted octanol–water partition coefficient (Wildman–Crippen LogP) is 5.03. The van der Waals surface area contributed by atoms with Crippen LogP contribution in [0.3, 0.4) is 0 Å². The van der Waals surface area contributed by atoms with Gasteiger partial charge in [-0.1, -0.05) is 13.2 Å². The SMILES string of the molecule is C=COC(=O)CCCCCOc1ccc(C(=O)Oc2ccc(OCCCOC(=O)C=C)cc2)cc1. The van der Waals surface area contributed by atoms with E-state index in [2.05, 4.69) is 17.9 Å². The molecule has 2 rings (SSSR count). The first-order chi connectivity index (χ1) is 17.0. The van der Waals surface area contributed by atoms with Crippen molar-refractivity contribution in [3.8, 4) is 17.2 Å². The fraction of sp³-hybridized carbons (Fsp3) is 0.296. The summed E-state index contributed by atoms with van der Waals surface area (Å²) in [5.74, 6) is 0.412. The Labute approximate surface area is 205 Å². The van der Waals surface area contributed by atoms with Crippen molar-refractivity contribution in [1.29, 1.82) is 0 Å². The molecule has 35 heavy (non-hydrogen) atoms. The van der Waals surface area contributed by atoms with Gasteiger partial charge in [0, 0.05) is 18.9 Å². The highest BCUT2D eigenvalue weighted by Crippen LogP contribution is 2.20. The number of rotatable bonds is 16. The molecule has 0 saturated carbocycles. The first kappa shape index (κ1) is 27.2. The van der Waals surface area contributed by atoms with Gasteiger partial charge in [0.15, 0.2) is 0 Å². The molecule has 8 nitrogen and oxygen atoms in total. The van der Waals surface area contributed by atoms with Crippen molar-refractivity contribution in [2.24, 2.45) is 0 Å². The summed E-state index contributed by atoms with van der Waals surface area (Å²) in [6.07, 6.45) is 5.51. The molecule has 0 radical (unpaired) electrons. The molecule has 0 saturated heterocycles. The van der Waals surface area contributed by atoms with Gasteiger partial charge in [0.1, 0.15) is 17.2 Å². The molecule has 0 bridgehead atoms. The summed E-state index contributed by atoms with van der Waals surface area (Å²) in [5.41, 5.74) is 0.396. The van der Waals surface area contributed by atoms with E-state index in [-0.39, 0.29) is 12.6 Å². The van der Waals surface area contributed by atoms with Gasteiger partial charge in [-0.05, 0) is 67.8 Å². The molecule has 8 heteroatoms. The zero-order valence-corrected chi connectivity index (χ0v) is 19.6. The average molecular weight is 483 g/mol. The van der Waals surface area contributed by atoms with Crippen LogP contribution in [-0.4, -0.2) is 37.7 Å². The van der Waals surface area contributed by atoms with Gasteiger partial charge in [-0.2, -0.15) is 0 Å². The molecule has 0 atom stereocenters. The van der Waals surface area contributed by atoms with Crippen molar-refractivity contribution >= 4 is 17.9 Å². The van der Waals surface area contributed by atoms with Gasteiger partial charge in [0.05, 0.1) is 31.6 Å². The summed E-state index contributed by atoms with van der Waals surface area (Å²) < 4.78 is 26.1. The number of carbonyl (C=O) groups is 3. The lowest BCUT2D eigenvalue weighted by atomic mass is 10.2. The maximum atomic E-state index is 12.4. The summed E-state index contributed by atoms with van der Waals surface area (Å²) in [4.78, 5) is 34.5. The smallest absolute Gasteiger partial charge is 0.343 e. The van der Waals surface area contributed by atoms with Crippen LogP contribution in [0.15, 0.2) is 74.0 Å². The normalized spacial score (nSPS) is 10.1. The van der Waals surface area contributed by atoms with Crippen molar-refractivity contribution < 1.29 is 38.1 Å². The highest BCUT2D eigenvalue weighted by atomic mass is 16.5. The standard InChI is InChI=1S/C27H30O8/c1-3-25(28)34-20-8-19-33-23-14-16-24(17-15-23)35-27(30)21-10-12-22(13-11-21)32-18-7-5-6-9-26(29)31-4-2/h3-4,10-17H,1-2,5-9,18-20H2. The van der Waals surface area contributed by atoms with E-state index in [4.69, 9.17) is 18.9 Å². The van der Waals surface area contributed by atoms with Crippen LogP contribution in [0.5, 0.6) is 17.2 Å². The number of benzene rings is 2. The Balaban J connectivity index is 1.67. The van der Waals surface area contributed by atoms with Crippen LogP contribution in [0.25, 0.3) is 0 Å². The molecule has 0 N–H and O–H groups in total. The number of hydrogen-bond acceptors (Lipinski definition) is 8. The molecular formula is C27H30O8. The second-order valence-corrected chi connectivity index (χ2v) is 7.27. The van der Waals surface area contributed by atoms with Crippen LogP contribution < -0.4 is 14.2 Å².